The van der Waals surface area contributed by atoms with Gasteiger partial charge in [0.2, 0.25) is 0 Å². The Kier molecular flexibility index (Phi) is 4.85. The smallest absolute Gasteiger partial charge is 0.0441 e. The van der Waals surface area contributed by atoms with Crippen LogP contribution >= 0.6 is 11.6 Å². The SMILES string of the molecule is Cc1ccc(CC(N)Cc2ccc(C)c(C)c2)c(Cl)c1. The lowest BCUT2D eigenvalue weighted by atomic mass is 9.97. The van der Waals surface area contributed by atoms with E-state index in [9.17, 15) is 0 Å². The van der Waals surface area contributed by atoms with Crippen LogP contribution in [0.4, 0.5) is 0 Å². The highest BCUT2D eigenvalue weighted by Gasteiger charge is 2.09. The van der Waals surface area contributed by atoms with Gasteiger partial charge in [0.15, 0.2) is 0 Å². The van der Waals surface area contributed by atoms with Gasteiger partial charge in [-0.25, -0.2) is 0 Å². The van der Waals surface area contributed by atoms with Crippen LogP contribution in [0.3, 0.4) is 0 Å². The first kappa shape index (κ1) is 15.1. The number of hydrogen-bond donors (Lipinski definition) is 1. The first-order chi connectivity index (χ1) is 9.45. The fourth-order valence-corrected chi connectivity index (χ4v) is 2.72. The molecule has 0 spiro atoms. The summed E-state index contributed by atoms with van der Waals surface area (Å²) in [4.78, 5) is 0. The lowest BCUT2D eigenvalue weighted by Crippen LogP contribution is -2.25. The molecule has 0 aromatic heterocycles. The van der Waals surface area contributed by atoms with E-state index < -0.39 is 0 Å². The molecule has 20 heavy (non-hydrogen) atoms. The summed E-state index contributed by atoms with van der Waals surface area (Å²) in [6, 6.07) is 12.8. The van der Waals surface area contributed by atoms with Crippen LogP contribution < -0.4 is 5.73 Å². The normalized spacial score (nSPS) is 12.4. The fourth-order valence-electron chi connectivity index (χ4n) is 2.41. The number of hydrogen-bond acceptors (Lipinski definition) is 1. The molecule has 1 nitrogen and oxygen atoms in total. The highest BCUT2D eigenvalue weighted by Crippen LogP contribution is 2.20. The molecule has 2 heteroatoms. The van der Waals surface area contributed by atoms with Crippen LogP contribution in [0.25, 0.3) is 0 Å². The van der Waals surface area contributed by atoms with E-state index in [2.05, 4.69) is 44.2 Å². The number of nitrogens with two attached hydrogens (primary N) is 1. The van der Waals surface area contributed by atoms with Crippen molar-refractivity contribution in [1.82, 2.24) is 0 Å². The second-order valence-electron chi connectivity index (χ2n) is 5.68. The molecule has 0 saturated heterocycles. The molecule has 0 aliphatic carbocycles. The summed E-state index contributed by atoms with van der Waals surface area (Å²) in [5.74, 6) is 0. The molecule has 2 N–H and O–H groups in total. The molecule has 1 unspecified atom stereocenters. The van der Waals surface area contributed by atoms with Crippen molar-refractivity contribution in [2.24, 2.45) is 5.73 Å². The lowest BCUT2D eigenvalue weighted by molar-refractivity contribution is 0.664. The van der Waals surface area contributed by atoms with Crippen LogP contribution in [0.5, 0.6) is 0 Å². The van der Waals surface area contributed by atoms with Gasteiger partial charge in [0.05, 0.1) is 0 Å². The maximum atomic E-state index is 6.27. The number of aryl methyl sites for hydroxylation is 3. The van der Waals surface area contributed by atoms with Crippen LogP contribution in [-0.4, -0.2) is 6.04 Å². The van der Waals surface area contributed by atoms with E-state index in [1.807, 2.05) is 13.0 Å². The van der Waals surface area contributed by atoms with E-state index >= 15 is 0 Å². The molecule has 0 saturated carbocycles. The minimum atomic E-state index is 0.0947. The van der Waals surface area contributed by atoms with Gasteiger partial charge in [0.25, 0.3) is 0 Å². The van der Waals surface area contributed by atoms with Crippen molar-refractivity contribution in [2.45, 2.75) is 39.7 Å². The van der Waals surface area contributed by atoms with Crippen molar-refractivity contribution in [3.05, 3.63) is 69.2 Å². The summed E-state index contributed by atoms with van der Waals surface area (Å²) in [7, 11) is 0. The summed E-state index contributed by atoms with van der Waals surface area (Å²) in [6.07, 6.45) is 1.69. The molecule has 1 atom stereocenters. The van der Waals surface area contributed by atoms with Gasteiger partial charge in [-0.3, -0.25) is 0 Å². The van der Waals surface area contributed by atoms with Gasteiger partial charge < -0.3 is 5.73 Å². The molecule has 106 valence electrons. The summed E-state index contributed by atoms with van der Waals surface area (Å²) < 4.78 is 0. The zero-order valence-corrected chi connectivity index (χ0v) is 13.2. The Morgan fingerprint density at radius 3 is 2.35 bits per heavy atom. The average molecular weight is 288 g/mol. The van der Waals surface area contributed by atoms with Gasteiger partial charge in [-0.1, -0.05) is 41.9 Å². The molecule has 0 fully saturated rings. The highest BCUT2D eigenvalue weighted by molar-refractivity contribution is 6.31. The standard InChI is InChI=1S/C18H22ClN/c1-12-4-7-16(18(19)8-12)11-17(20)10-15-6-5-13(2)14(3)9-15/h4-9,17H,10-11,20H2,1-3H3. The Balaban J connectivity index is 2.04. The maximum Gasteiger partial charge on any atom is 0.0441 e. The Hall–Kier alpha value is -1.31. The first-order valence-electron chi connectivity index (χ1n) is 7.02. The first-order valence-corrected chi connectivity index (χ1v) is 7.40. The molecule has 0 radical (unpaired) electrons. The minimum absolute atomic E-state index is 0.0947. The molecule has 0 aliphatic rings. The predicted molar refractivity (Wildman–Crippen MR) is 87.5 cm³/mol. The Bertz CT molecular complexity index is 604. The van der Waals surface area contributed by atoms with Gasteiger partial charge >= 0.3 is 0 Å². The Labute approximate surface area is 126 Å². The summed E-state index contributed by atoms with van der Waals surface area (Å²) >= 11 is 6.27. The molecular formula is C18H22ClN. The van der Waals surface area contributed by atoms with Crippen molar-refractivity contribution in [1.29, 1.82) is 0 Å². The van der Waals surface area contributed by atoms with E-state index in [1.165, 1.54) is 22.3 Å². The molecule has 2 aromatic carbocycles. The second kappa shape index (κ2) is 6.43. The molecule has 0 aliphatic heterocycles. The highest BCUT2D eigenvalue weighted by atomic mass is 35.5. The molecule has 2 aromatic rings. The van der Waals surface area contributed by atoms with Crippen LogP contribution in [0.15, 0.2) is 36.4 Å². The van der Waals surface area contributed by atoms with Crippen LogP contribution in [-0.2, 0) is 12.8 Å². The maximum absolute atomic E-state index is 6.27. The Morgan fingerprint density at radius 1 is 0.950 bits per heavy atom. The zero-order chi connectivity index (χ0) is 14.7. The van der Waals surface area contributed by atoms with Crippen LogP contribution in [0.1, 0.15) is 27.8 Å². The van der Waals surface area contributed by atoms with E-state index in [0.29, 0.717) is 0 Å². The fraction of sp³-hybridized carbons (Fsp3) is 0.333. The topological polar surface area (TPSA) is 26.0 Å². The van der Waals surface area contributed by atoms with Crippen molar-refractivity contribution < 1.29 is 0 Å². The molecule has 0 amide bonds. The van der Waals surface area contributed by atoms with Crippen molar-refractivity contribution in [3.8, 4) is 0 Å². The average Bonchev–Trinajstić information content (AvgIpc) is 2.37. The quantitative estimate of drug-likeness (QED) is 0.887. The van der Waals surface area contributed by atoms with Gasteiger partial charge in [0, 0.05) is 11.1 Å². The largest absolute Gasteiger partial charge is 0.327 e. The number of benzene rings is 2. The summed E-state index contributed by atoms with van der Waals surface area (Å²) in [5, 5.41) is 0.820. The lowest BCUT2D eigenvalue weighted by Gasteiger charge is -2.14. The minimum Gasteiger partial charge on any atom is -0.327 e. The van der Waals surface area contributed by atoms with Gasteiger partial charge in [-0.2, -0.15) is 0 Å². The van der Waals surface area contributed by atoms with Crippen molar-refractivity contribution in [2.75, 3.05) is 0 Å². The third kappa shape index (κ3) is 3.84. The van der Waals surface area contributed by atoms with Gasteiger partial charge in [-0.15, -0.1) is 0 Å². The van der Waals surface area contributed by atoms with Crippen molar-refractivity contribution >= 4 is 11.6 Å². The van der Waals surface area contributed by atoms with Crippen molar-refractivity contribution in [3.63, 3.8) is 0 Å². The molecule has 2 rings (SSSR count). The summed E-state index contributed by atoms with van der Waals surface area (Å²) in [6.45, 7) is 6.32. The Morgan fingerprint density at radius 2 is 1.70 bits per heavy atom. The number of halogens is 1. The van der Waals surface area contributed by atoms with Gasteiger partial charge in [0.1, 0.15) is 0 Å². The van der Waals surface area contributed by atoms with Crippen LogP contribution in [0.2, 0.25) is 5.02 Å². The molecular weight excluding hydrogens is 266 g/mol. The van der Waals surface area contributed by atoms with Gasteiger partial charge in [-0.05, 0) is 67.5 Å². The predicted octanol–water partition coefficient (Wildman–Crippen LogP) is 4.38. The molecule has 0 bridgehead atoms. The van der Waals surface area contributed by atoms with E-state index in [-0.39, 0.29) is 6.04 Å². The third-order valence-corrected chi connectivity index (χ3v) is 4.11. The van der Waals surface area contributed by atoms with E-state index in [0.717, 1.165) is 23.4 Å². The van der Waals surface area contributed by atoms with Crippen LogP contribution in [0, 0.1) is 20.8 Å². The second-order valence-corrected chi connectivity index (χ2v) is 6.09. The monoisotopic (exact) mass is 287 g/mol. The third-order valence-electron chi connectivity index (χ3n) is 3.76. The molecule has 0 heterocycles. The summed E-state index contributed by atoms with van der Waals surface area (Å²) in [5.41, 5.74) is 12.5. The zero-order valence-electron chi connectivity index (χ0n) is 12.4. The van der Waals surface area contributed by atoms with E-state index in [4.69, 9.17) is 17.3 Å². The number of rotatable bonds is 4. The van der Waals surface area contributed by atoms with E-state index in [1.54, 1.807) is 0 Å².